The minimum atomic E-state index is 0.0641. The Bertz CT molecular complexity index is 936. The number of piperazine rings is 1. The van der Waals surface area contributed by atoms with Crippen LogP contribution in [0.1, 0.15) is 10.4 Å². The average Bonchev–Trinajstić information content (AvgIpc) is 2.78. The van der Waals surface area contributed by atoms with Gasteiger partial charge in [0.15, 0.2) is 0 Å². The molecule has 0 aliphatic carbocycles. The Morgan fingerprint density at radius 3 is 2.53 bits per heavy atom. The highest BCUT2D eigenvalue weighted by atomic mass is 32.2. The number of benzene rings is 1. The summed E-state index contributed by atoms with van der Waals surface area (Å²) in [5.41, 5.74) is 1.51. The van der Waals surface area contributed by atoms with Crippen molar-refractivity contribution in [2.24, 2.45) is 0 Å². The molecule has 5 rings (SSSR count). The Morgan fingerprint density at radius 1 is 1.03 bits per heavy atom. The summed E-state index contributed by atoms with van der Waals surface area (Å²) < 4.78 is 0. The van der Waals surface area contributed by atoms with Crippen LogP contribution >= 0.6 is 11.8 Å². The van der Waals surface area contributed by atoms with E-state index in [9.17, 15) is 9.59 Å². The lowest BCUT2D eigenvalue weighted by molar-refractivity contribution is -0.120. The molecule has 8 nitrogen and oxygen atoms in total. The highest BCUT2D eigenvalue weighted by Crippen LogP contribution is 2.27. The second kappa shape index (κ2) is 8.39. The monoisotopic (exact) mass is 426 g/mol. The fraction of sp³-hybridized carbons (Fsp3) is 0.524. The van der Waals surface area contributed by atoms with E-state index in [1.54, 1.807) is 6.33 Å². The first-order chi connectivity index (χ1) is 14.7. The van der Waals surface area contributed by atoms with E-state index in [0.717, 1.165) is 87.0 Å². The molecule has 3 aliphatic rings. The number of rotatable bonds is 4. The van der Waals surface area contributed by atoms with E-state index < -0.39 is 0 Å². The van der Waals surface area contributed by atoms with Crippen molar-refractivity contribution >= 4 is 40.8 Å². The quantitative estimate of drug-likeness (QED) is 0.669. The Hall–Kier alpha value is -2.39. The summed E-state index contributed by atoms with van der Waals surface area (Å²) in [6.07, 6.45) is 2.53. The third-order valence-electron chi connectivity index (χ3n) is 6.34. The van der Waals surface area contributed by atoms with Crippen LogP contribution in [0.15, 0.2) is 24.5 Å². The largest absolute Gasteiger partial charge is 0.354 e. The smallest absolute Gasteiger partial charge is 0.254 e. The zero-order chi connectivity index (χ0) is 20.5. The van der Waals surface area contributed by atoms with Crippen molar-refractivity contribution in [2.45, 2.75) is 6.04 Å². The van der Waals surface area contributed by atoms with Gasteiger partial charge in [-0.3, -0.25) is 14.5 Å². The van der Waals surface area contributed by atoms with Gasteiger partial charge < -0.3 is 14.7 Å². The molecule has 3 aliphatic heterocycles. The number of fused-ring (bicyclic) bond motifs is 1. The molecule has 0 bridgehead atoms. The lowest BCUT2D eigenvalue weighted by atomic mass is 10.0. The number of anilines is 1. The molecule has 1 aromatic carbocycles. The normalized spacial score (nSPS) is 21.0. The standard InChI is InChI=1S/C21H26N6O2S/c28-15-24-3-5-25(6-4-24)17-12-27(13-17)21(29)16-1-2-18-19(11-16)22-14-23-20(18)26-7-9-30-10-8-26/h1-2,11,14-15,17H,3-10,12-13H2. The molecule has 0 N–H and O–H groups in total. The van der Waals surface area contributed by atoms with Gasteiger partial charge in [0.2, 0.25) is 6.41 Å². The first kappa shape index (κ1) is 19.6. The molecule has 4 heterocycles. The topological polar surface area (TPSA) is 72.9 Å². The maximum absolute atomic E-state index is 13.0. The zero-order valence-corrected chi connectivity index (χ0v) is 17.8. The fourth-order valence-corrected chi connectivity index (χ4v) is 5.35. The van der Waals surface area contributed by atoms with E-state index in [0.29, 0.717) is 11.6 Å². The van der Waals surface area contributed by atoms with Gasteiger partial charge in [-0.25, -0.2) is 9.97 Å². The molecule has 0 saturated carbocycles. The van der Waals surface area contributed by atoms with Gasteiger partial charge in [-0.1, -0.05) is 0 Å². The maximum Gasteiger partial charge on any atom is 0.254 e. The van der Waals surface area contributed by atoms with Gasteiger partial charge in [0.1, 0.15) is 12.1 Å². The molecular weight excluding hydrogens is 400 g/mol. The Labute approximate surface area is 180 Å². The molecule has 1 aromatic heterocycles. The van der Waals surface area contributed by atoms with Crippen molar-refractivity contribution in [2.75, 3.05) is 68.8 Å². The van der Waals surface area contributed by atoms with Crippen LogP contribution in [0, 0.1) is 0 Å². The second-order valence-corrected chi connectivity index (χ2v) is 9.29. The molecule has 0 spiro atoms. The summed E-state index contributed by atoms with van der Waals surface area (Å²) in [5.74, 6) is 3.26. The number of aromatic nitrogens is 2. The second-order valence-electron chi connectivity index (χ2n) is 8.07. The molecular formula is C21H26N6O2S. The van der Waals surface area contributed by atoms with Gasteiger partial charge in [-0.05, 0) is 18.2 Å². The van der Waals surface area contributed by atoms with Crippen molar-refractivity contribution in [1.29, 1.82) is 0 Å². The van der Waals surface area contributed by atoms with Gasteiger partial charge in [0, 0.05) is 80.9 Å². The summed E-state index contributed by atoms with van der Waals surface area (Å²) in [6, 6.07) is 6.20. The van der Waals surface area contributed by atoms with Crippen LogP contribution in [0.2, 0.25) is 0 Å². The summed E-state index contributed by atoms with van der Waals surface area (Å²) in [6.45, 7) is 6.80. The van der Waals surface area contributed by atoms with E-state index in [1.165, 1.54) is 0 Å². The summed E-state index contributed by atoms with van der Waals surface area (Å²) >= 11 is 1.97. The highest BCUT2D eigenvalue weighted by Gasteiger charge is 2.36. The van der Waals surface area contributed by atoms with Gasteiger partial charge in [0.25, 0.3) is 5.91 Å². The van der Waals surface area contributed by atoms with Crippen molar-refractivity contribution in [3.8, 4) is 0 Å². The molecule has 30 heavy (non-hydrogen) atoms. The van der Waals surface area contributed by atoms with Gasteiger partial charge >= 0.3 is 0 Å². The summed E-state index contributed by atoms with van der Waals surface area (Å²) in [4.78, 5) is 41.2. The lowest BCUT2D eigenvalue weighted by Gasteiger charge is -2.47. The molecule has 2 aromatic rings. The Balaban J connectivity index is 1.25. The molecule has 3 fully saturated rings. The van der Waals surface area contributed by atoms with Crippen LogP contribution < -0.4 is 4.90 Å². The van der Waals surface area contributed by atoms with Crippen LogP contribution in [0.4, 0.5) is 5.82 Å². The van der Waals surface area contributed by atoms with Crippen LogP contribution in [0.5, 0.6) is 0 Å². The molecule has 3 saturated heterocycles. The minimum absolute atomic E-state index is 0.0641. The average molecular weight is 427 g/mol. The maximum atomic E-state index is 13.0. The number of thioether (sulfide) groups is 1. The molecule has 2 amide bonds. The zero-order valence-electron chi connectivity index (χ0n) is 16.9. The summed E-state index contributed by atoms with van der Waals surface area (Å²) in [5, 5.41) is 1.01. The number of hydrogen-bond acceptors (Lipinski definition) is 7. The minimum Gasteiger partial charge on any atom is -0.354 e. The third-order valence-corrected chi connectivity index (χ3v) is 7.28. The van der Waals surface area contributed by atoms with Crippen molar-refractivity contribution < 1.29 is 9.59 Å². The highest BCUT2D eigenvalue weighted by molar-refractivity contribution is 7.99. The van der Waals surface area contributed by atoms with E-state index in [4.69, 9.17) is 0 Å². The SMILES string of the molecule is O=CN1CCN(C2CN(C(=O)c3ccc4c(N5CCSCC5)ncnc4c3)C2)CC1. The van der Waals surface area contributed by atoms with Crippen LogP contribution in [-0.2, 0) is 4.79 Å². The van der Waals surface area contributed by atoms with Crippen LogP contribution in [-0.4, -0.2) is 107 Å². The van der Waals surface area contributed by atoms with Gasteiger partial charge in [-0.15, -0.1) is 0 Å². The number of carbonyl (C=O) groups is 2. The molecule has 158 valence electrons. The van der Waals surface area contributed by atoms with E-state index in [2.05, 4.69) is 19.8 Å². The number of likely N-dealkylation sites (tertiary alicyclic amines) is 1. The third kappa shape index (κ3) is 3.72. The van der Waals surface area contributed by atoms with E-state index >= 15 is 0 Å². The first-order valence-corrected chi connectivity index (χ1v) is 11.7. The van der Waals surface area contributed by atoms with E-state index in [-0.39, 0.29) is 5.91 Å². The van der Waals surface area contributed by atoms with Crippen molar-refractivity contribution in [3.05, 3.63) is 30.1 Å². The van der Waals surface area contributed by atoms with Gasteiger partial charge in [-0.2, -0.15) is 11.8 Å². The van der Waals surface area contributed by atoms with Crippen molar-refractivity contribution in [3.63, 3.8) is 0 Å². The lowest BCUT2D eigenvalue weighted by Crippen LogP contribution is -2.64. The van der Waals surface area contributed by atoms with Crippen LogP contribution in [0.3, 0.4) is 0 Å². The summed E-state index contributed by atoms with van der Waals surface area (Å²) in [7, 11) is 0. The first-order valence-electron chi connectivity index (χ1n) is 10.5. The fourth-order valence-electron chi connectivity index (χ4n) is 4.45. The predicted octanol–water partition coefficient (Wildman–Crippen LogP) is 0.781. The molecule has 0 unspecified atom stereocenters. The Morgan fingerprint density at radius 2 is 1.80 bits per heavy atom. The number of carbonyl (C=O) groups excluding carboxylic acids is 2. The molecule has 0 radical (unpaired) electrons. The van der Waals surface area contributed by atoms with Crippen molar-refractivity contribution in [1.82, 2.24) is 24.7 Å². The van der Waals surface area contributed by atoms with E-state index in [1.807, 2.05) is 39.8 Å². The predicted molar refractivity (Wildman–Crippen MR) is 118 cm³/mol. The number of hydrogen-bond donors (Lipinski definition) is 0. The number of amides is 2. The molecule has 9 heteroatoms. The Kier molecular flexibility index (Phi) is 5.47. The van der Waals surface area contributed by atoms with Crippen LogP contribution in [0.25, 0.3) is 10.9 Å². The number of nitrogens with zero attached hydrogens (tertiary/aromatic N) is 6. The molecule has 0 atom stereocenters. The van der Waals surface area contributed by atoms with Gasteiger partial charge in [0.05, 0.1) is 5.52 Å².